The highest BCUT2D eigenvalue weighted by molar-refractivity contribution is 6.33. The molecule has 1 N–H and O–H groups in total. The lowest BCUT2D eigenvalue weighted by atomic mass is 9.95. The van der Waals surface area contributed by atoms with Gasteiger partial charge in [-0.2, -0.15) is 0 Å². The van der Waals surface area contributed by atoms with Crippen LogP contribution < -0.4 is 5.32 Å². The molecule has 1 unspecified atom stereocenters. The van der Waals surface area contributed by atoms with Crippen LogP contribution in [0, 0.1) is 6.92 Å². The van der Waals surface area contributed by atoms with E-state index in [1.807, 2.05) is 30.3 Å². The zero-order chi connectivity index (χ0) is 20.1. The highest BCUT2D eigenvalue weighted by Crippen LogP contribution is 2.28. The molecule has 1 amide bonds. The Labute approximate surface area is 166 Å². The lowest BCUT2D eigenvalue weighted by molar-refractivity contribution is -0.116. The lowest BCUT2D eigenvalue weighted by Crippen LogP contribution is -2.17. The quantitative estimate of drug-likeness (QED) is 0.630. The molecule has 7 nitrogen and oxygen atoms in total. The van der Waals surface area contributed by atoms with Crippen molar-refractivity contribution in [2.45, 2.75) is 19.3 Å². The summed E-state index contributed by atoms with van der Waals surface area (Å²) in [4.78, 5) is 24.4. The lowest BCUT2D eigenvalue weighted by Gasteiger charge is -2.14. The summed E-state index contributed by atoms with van der Waals surface area (Å²) < 4.78 is 10.2. The van der Waals surface area contributed by atoms with Crippen molar-refractivity contribution in [3.05, 3.63) is 76.5 Å². The maximum Gasteiger partial charge on any atom is 0.339 e. The van der Waals surface area contributed by atoms with E-state index in [-0.39, 0.29) is 22.9 Å². The average Bonchev–Trinajstić information content (AvgIpc) is 3.13. The molecule has 1 heterocycles. The number of carbonyl (C=O) groups is 2. The number of aryl methyl sites for hydroxylation is 1. The van der Waals surface area contributed by atoms with Crippen molar-refractivity contribution in [2.24, 2.45) is 0 Å². The molecule has 8 heteroatoms. The summed E-state index contributed by atoms with van der Waals surface area (Å²) in [6.07, 6.45) is 0.0851. The van der Waals surface area contributed by atoms with Gasteiger partial charge in [-0.25, -0.2) is 4.79 Å². The first-order valence-electron chi connectivity index (χ1n) is 8.50. The molecule has 0 spiro atoms. The van der Waals surface area contributed by atoms with Gasteiger partial charge in [-0.05, 0) is 23.8 Å². The van der Waals surface area contributed by atoms with Gasteiger partial charge in [-0.15, -0.1) is 10.2 Å². The third-order valence-corrected chi connectivity index (χ3v) is 4.42. The standard InChI is InChI=1S/C20H18ClN3O4/c1-12-23-24-19(28-12)15(13-6-4-3-5-7-13)11-18(25)22-14-8-9-17(21)16(10-14)20(26)27-2/h3-10,15H,11H2,1-2H3,(H,22,25). The first-order chi connectivity index (χ1) is 13.5. The van der Waals surface area contributed by atoms with Crippen LogP contribution in [-0.4, -0.2) is 29.2 Å². The Morgan fingerprint density at radius 2 is 1.93 bits per heavy atom. The maximum atomic E-state index is 12.7. The number of aromatic nitrogens is 2. The van der Waals surface area contributed by atoms with Gasteiger partial charge in [0.1, 0.15) is 0 Å². The number of nitrogens with zero attached hydrogens (tertiary/aromatic N) is 2. The van der Waals surface area contributed by atoms with E-state index in [0.717, 1.165) is 5.56 Å². The number of anilines is 1. The Hall–Kier alpha value is -3.19. The van der Waals surface area contributed by atoms with Crippen LogP contribution in [0.3, 0.4) is 0 Å². The minimum atomic E-state index is -0.579. The number of hydrogen-bond acceptors (Lipinski definition) is 6. The van der Waals surface area contributed by atoms with E-state index in [1.165, 1.54) is 19.2 Å². The molecule has 0 aliphatic carbocycles. The molecule has 0 bridgehead atoms. The molecule has 1 atom stereocenters. The van der Waals surface area contributed by atoms with E-state index in [9.17, 15) is 9.59 Å². The van der Waals surface area contributed by atoms with Crippen molar-refractivity contribution >= 4 is 29.2 Å². The second kappa shape index (κ2) is 8.67. The zero-order valence-electron chi connectivity index (χ0n) is 15.3. The van der Waals surface area contributed by atoms with Crippen molar-refractivity contribution in [3.63, 3.8) is 0 Å². The van der Waals surface area contributed by atoms with Crippen LogP contribution in [-0.2, 0) is 9.53 Å². The molecule has 0 fully saturated rings. The molecule has 0 aliphatic rings. The number of amides is 1. The van der Waals surface area contributed by atoms with Crippen LogP contribution in [0.2, 0.25) is 5.02 Å². The van der Waals surface area contributed by atoms with Crippen LogP contribution in [0.5, 0.6) is 0 Å². The van der Waals surface area contributed by atoms with Crippen LogP contribution >= 0.6 is 11.6 Å². The summed E-state index contributed by atoms with van der Waals surface area (Å²) >= 11 is 6.01. The van der Waals surface area contributed by atoms with Crippen molar-refractivity contribution < 1.29 is 18.7 Å². The normalized spacial score (nSPS) is 11.7. The number of carbonyl (C=O) groups excluding carboxylic acids is 2. The minimum Gasteiger partial charge on any atom is -0.465 e. The van der Waals surface area contributed by atoms with E-state index >= 15 is 0 Å². The molecular formula is C20H18ClN3O4. The van der Waals surface area contributed by atoms with Gasteiger partial charge >= 0.3 is 5.97 Å². The SMILES string of the molecule is COC(=O)c1cc(NC(=O)CC(c2ccccc2)c2nnc(C)o2)ccc1Cl. The van der Waals surface area contributed by atoms with Gasteiger partial charge in [0, 0.05) is 19.0 Å². The Bertz CT molecular complexity index is 988. The zero-order valence-corrected chi connectivity index (χ0v) is 16.1. The number of halogens is 1. The molecule has 2 aromatic carbocycles. The predicted molar refractivity (Wildman–Crippen MR) is 103 cm³/mol. The molecule has 3 rings (SSSR count). The fraction of sp³-hybridized carbons (Fsp3) is 0.200. The number of esters is 1. The first-order valence-corrected chi connectivity index (χ1v) is 8.88. The second-order valence-electron chi connectivity index (χ2n) is 6.06. The monoisotopic (exact) mass is 399 g/mol. The van der Waals surface area contributed by atoms with Crippen molar-refractivity contribution in [3.8, 4) is 0 Å². The number of methoxy groups -OCH3 is 1. The predicted octanol–water partition coefficient (Wildman–Crippen LogP) is 3.98. The maximum absolute atomic E-state index is 12.7. The molecule has 28 heavy (non-hydrogen) atoms. The highest BCUT2D eigenvalue weighted by atomic mass is 35.5. The van der Waals surface area contributed by atoms with Crippen LogP contribution in [0.1, 0.15) is 40.0 Å². The van der Waals surface area contributed by atoms with Gasteiger partial charge in [0.2, 0.25) is 17.7 Å². The largest absolute Gasteiger partial charge is 0.465 e. The number of nitrogens with one attached hydrogen (secondary N) is 1. The summed E-state index contributed by atoms with van der Waals surface area (Å²) in [7, 11) is 1.26. The third kappa shape index (κ3) is 4.55. The van der Waals surface area contributed by atoms with E-state index in [0.29, 0.717) is 17.5 Å². The number of hydrogen-bond donors (Lipinski definition) is 1. The highest BCUT2D eigenvalue weighted by Gasteiger charge is 2.24. The number of rotatable bonds is 6. The number of benzene rings is 2. The van der Waals surface area contributed by atoms with Crippen molar-refractivity contribution in [2.75, 3.05) is 12.4 Å². The topological polar surface area (TPSA) is 94.3 Å². The molecule has 1 aromatic heterocycles. The van der Waals surface area contributed by atoms with E-state index in [4.69, 9.17) is 20.8 Å². The summed E-state index contributed by atoms with van der Waals surface area (Å²) in [6.45, 7) is 1.70. The third-order valence-electron chi connectivity index (χ3n) is 4.09. The van der Waals surface area contributed by atoms with Gasteiger partial charge in [-0.1, -0.05) is 41.9 Å². The van der Waals surface area contributed by atoms with Gasteiger partial charge in [0.15, 0.2) is 0 Å². The molecule has 0 radical (unpaired) electrons. The van der Waals surface area contributed by atoms with E-state index in [2.05, 4.69) is 15.5 Å². The summed E-state index contributed by atoms with van der Waals surface area (Å²) in [5.74, 6) is -0.454. The summed E-state index contributed by atoms with van der Waals surface area (Å²) in [5.41, 5.74) is 1.49. The molecule has 3 aromatic rings. The Morgan fingerprint density at radius 1 is 1.18 bits per heavy atom. The van der Waals surface area contributed by atoms with Crippen LogP contribution in [0.25, 0.3) is 0 Å². The molecule has 0 saturated carbocycles. The van der Waals surface area contributed by atoms with E-state index in [1.54, 1.807) is 13.0 Å². The Balaban J connectivity index is 1.80. The summed E-state index contributed by atoms with van der Waals surface area (Å²) in [5, 5.41) is 10.9. The Morgan fingerprint density at radius 3 is 2.57 bits per heavy atom. The smallest absolute Gasteiger partial charge is 0.339 e. The minimum absolute atomic E-state index is 0.0851. The summed E-state index contributed by atoms with van der Waals surface area (Å²) in [6, 6.07) is 14.1. The van der Waals surface area contributed by atoms with Gasteiger partial charge in [-0.3, -0.25) is 4.79 Å². The fourth-order valence-electron chi connectivity index (χ4n) is 2.75. The fourth-order valence-corrected chi connectivity index (χ4v) is 2.95. The van der Waals surface area contributed by atoms with Crippen LogP contribution in [0.4, 0.5) is 5.69 Å². The van der Waals surface area contributed by atoms with E-state index < -0.39 is 11.9 Å². The second-order valence-corrected chi connectivity index (χ2v) is 6.47. The molecule has 144 valence electrons. The molecule has 0 aliphatic heterocycles. The van der Waals surface area contributed by atoms with Crippen LogP contribution in [0.15, 0.2) is 52.9 Å². The number of ether oxygens (including phenoxy) is 1. The molecule has 0 saturated heterocycles. The molecular weight excluding hydrogens is 382 g/mol. The Kier molecular flexibility index (Phi) is 6.06. The van der Waals surface area contributed by atoms with Gasteiger partial charge in [0.25, 0.3) is 0 Å². The van der Waals surface area contributed by atoms with Crippen molar-refractivity contribution in [1.29, 1.82) is 0 Å². The van der Waals surface area contributed by atoms with Gasteiger partial charge < -0.3 is 14.5 Å². The average molecular weight is 400 g/mol. The van der Waals surface area contributed by atoms with Gasteiger partial charge in [0.05, 0.1) is 23.6 Å². The first kappa shape index (κ1) is 19.6. The van der Waals surface area contributed by atoms with Crippen molar-refractivity contribution in [1.82, 2.24) is 10.2 Å².